The first-order chi connectivity index (χ1) is 3.72. The first kappa shape index (κ1) is 6.94. The molecule has 4 heteroatoms. The second kappa shape index (κ2) is 3.01. The highest BCUT2D eigenvalue weighted by molar-refractivity contribution is 6.34. The van der Waals surface area contributed by atoms with Crippen LogP contribution >= 0.6 is 0 Å². The van der Waals surface area contributed by atoms with E-state index in [1.54, 1.807) is 0 Å². The van der Waals surface area contributed by atoms with Crippen LogP contribution in [0.15, 0.2) is 4.99 Å². The van der Waals surface area contributed by atoms with Crippen molar-refractivity contribution < 1.29 is 9.53 Å². The number of ether oxygens (including phenoxy) is 1. The van der Waals surface area contributed by atoms with Gasteiger partial charge in [0.1, 0.15) is 0 Å². The number of rotatable bonds is 0. The maximum atomic E-state index is 10.1. The summed E-state index contributed by atoms with van der Waals surface area (Å²) < 4.78 is 4.44. The Morgan fingerprint density at radius 2 is 2.25 bits per heavy atom. The predicted molar refractivity (Wildman–Crippen MR) is 29.6 cm³/mol. The minimum atomic E-state index is -0.644. The standard InChI is InChI=1S/C4H8N2O2/c1-6-4(8-2)3(5)7/h1-2H3,(H2,5,7)/b6-4-. The summed E-state index contributed by atoms with van der Waals surface area (Å²) in [4.78, 5) is 13.6. The van der Waals surface area contributed by atoms with Gasteiger partial charge in [-0.15, -0.1) is 0 Å². The van der Waals surface area contributed by atoms with Crippen LogP contribution in [0.25, 0.3) is 0 Å². The van der Waals surface area contributed by atoms with Crippen LogP contribution in [0.4, 0.5) is 0 Å². The number of nitrogens with zero attached hydrogens (tertiary/aromatic N) is 1. The lowest BCUT2D eigenvalue weighted by Gasteiger charge is -1.94. The summed E-state index contributed by atoms with van der Waals surface area (Å²) >= 11 is 0. The Morgan fingerprint density at radius 1 is 1.75 bits per heavy atom. The molecule has 0 unspecified atom stereocenters. The molecule has 0 aromatic heterocycles. The lowest BCUT2D eigenvalue weighted by Crippen LogP contribution is -2.24. The van der Waals surface area contributed by atoms with Gasteiger partial charge in [-0.3, -0.25) is 9.79 Å². The van der Waals surface area contributed by atoms with E-state index in [0.29, 0.717) is 0 Å². The Labute approximate surface area is 47.3 Å². The molecule has 0 aromatic rings. The molecule has 0 radical (unpaired) electrons. The summed E-state index contributed by atoms with van der Waals surface area (Å²) in [6.45, 7) is 0. The molecular weight excluding hydrogens is 108 g/mol. The Bertz CT molecular complexity index is 119. The van der Waals surface area contributed by atoms with Crippen LogP contribution in [-0.4, -0.2) is 26.0 Å². The Morgan fingerprint density at radius 3 is 2.25 bits per heavy atom. The molecule has 0 aliphatic heterocycles. The second-order valence-electron chi connectivity index (χ2n) is 1.10. The Kier molecular flexibility index (Phi) is 2.61. The summed E-state index contributed by atoms with van der Waals surface area (Å²) in [7, 11) is 2.77. The number of carbonyl (C=O) groups excluding carboxylic acids is 1. The normalized spacial score (nSPS) is 11.0. The smallest absolute Gasteiger partial charge is 0.303 e. The van der Waals surface area contributed by atoms with Crippen molar-refractivity contribution >= 4 is 11.8 Å². The Hall–Kier alpha value is -1.06. The van der Waals surface area contributed by atoms with Crippen LogP contribution in [0.3, 0.4) is 0 Å². The number of carbonyl (C=O) groups is 1. The summed E-state index contributed by atoms with van der Waals surface area (Å²) in [5.41, 5.74) is 4.76. The van der Waals surface area contributed by atoms with Gasteiger partial charge >= 0.3 is 5.91 Å². The molecule has 46 valence electrons. The second-order valence-corrected chi connectivity index (χ2v) is 1.10. The zero-order chi connectivity index (χ0) is 6.57. The lowest BCUT2D eigenvalue weighted by molar-refractivity contribution is -0.113. The number of primary amides is 1. The van der Waals surface area contributed by atoms with E-state index in [-0.39, 0.29) is 5.90 Å². The minimum absolute atomic E-state index is 0.0509. The highest BCUT2D eigenvalue weighted by atomic mass is 16.5. The number of amides is 1. The third-order valence-electron chi connectivity index (χ3n) is 0.607. The molecule has 0 saturated heterocycles. The maximum Gasteiger partial charge on any atom is 0.303 e. The van der Waals surface area contributed by atoms with E-state index in [0.717, 1.165) is 0 Å². The van der Waals surface area contributed by atoms with Crippen LogP contribution in [0.5, 0.6) is 0 Å². The lowest BCUT2D eigenvalue weighted by atomic mass is 10.6. The van der Waals surface area contributed by atoms with Crippen LogP contribution in [0, 0.1) is 0 Å². The summed E-state index contributed by atoms with van der Waals surface area (Å²) in [6, 6.07) is 0. The fourth-order valence-electron chi connectivity index (χ4n) is 0.302. The van der Waals surface area contributed by atoms with Gasteiger partial charge in [0.05, 0.1) is 7.11 Å². The first-order valence-electron chi connectivity index (χ1n) is 2.03. The molecule has 0 aliphatic carbocycles. The number of aliphatic imine (C=N–C) groups is 1. The van der Waals surface area contributed by atoms with Crippen LogP contribution < -0.4 is 5.73 Å². The zero-order valence-electron chi connectivity index (χ0n) is 4.84. The van der Waals surface area contributed by atoms with E-state index in [1.807, 2.05) is 0 Å². The van der Waals surface area contributed by atoms with Crippen molar-refractivity contribution in [1.82, 2.24) is 0 Å². The van der Waals surface area contributed by atoms with Crippen LogP contribution in [0.2, 0.25) is 0 Å². The molecule has 8 heavy (non-hydrogen) atoms. The molecule has 0 bridgehead atoms. The van der Waals surface area contributed by atoms with E-state index < -0.39 is 5.91 Å². The minimum Gasteiger partial charge on any atom is -0.477 e. The zero-order valence-corrected chi connectivity index (χ0v) is 4.84. The van der Waals surface area contributed by atoms with Crippen molar-refractivity contribution in [2.75, 3.05) is 14.2 Å². The van der Waals surface area contributed by atoms with Crippen molar-refractivity contribution in [2.45, 2.75) is 0 Å². The van der Waals surface area contributed by atoms with E-state index in [2.05, 4.69) is 9.73 Å². The van der Waals surface area contributed by atoms with Gasteiger partial charge in [0, 0.05) is 7.05 Å². The fraction of sp³-hybridized carbons (Fsp3) is 0.500. The monoisotopic (exact) mass is 116 g/mol. The average Bonchev–Trinajstić information content (AvgIpc) is 1.69. The largest absolute Gasteiger partial charge is 0.477 e. The quantitative estimate of drug-likeness (QED) is 0.331. The van der Waals surface area contributed by atoms with Gasteiger partial charge in [0.2, 0.25) is 0 Å². The van der Waals surface area contributed by atoms with Crippen LogP contribution in [0.1, 0.15) is 0 Å². The van der Waals surface area contributed by atoms with Crippen molar-refractivity contribution in [2.24, 2.45) is 10.7 Å². The van der Waals surface area contributed by atoms with Gasteiger partial charge in [-0.05, 0) is 0 Å². The molecule has 0 spiro atoms. The number of hydrogen-bond donors (Lipinski definition) is 1. The van der Waals surface area contributed by atoms with E-state index in [1.165, 1.54) is 14.2 Å². The fourth-order valence-corrected chi connectivity index (χ4v) is 0.302. The molecule has 0 atom stereocenters. The maximum absolute atomic E-state index is 10.1. The SMILES string of the molecule is C/N=C(\OC)C(N)=O. The molecule has 0 aliphatic rings. The predicted octanol–water partition coefficient (Wildman–Crippen LogP) is -0.854. The molecule has 0 saturated carbocycles. The molecule has 4 nitrogen and oxygen atoms in total. The highest BCUT2D eigenvalue weighted by Crippen LogP contribution is 1.73. The van der Waals surface area contributed by atoms with Crippen LogP contribution in [-0.2, 0) is 9.53 Å². The van der Waals surface area contributed by atoms with Gasteiger partial charge in [0.15, 0.2) is 0 Å². The van der Waals surface area contributed by atoms with Gasteiger partial charge in [-0.2, -0.15) is 0 Å². The summed E-state index contributed by atoms with van der Waals surface area (Å²) in [5.74, 6) is -0.694. The summed E-state index contributed by atoms with van der Waals surface area (Å²) in [6.07, 6.45) is 0. The average molecular weight is 116 g/mol. The molecule has 1 amide bonds. The third kappa shape index (κ3) is 1.59. The van der Waals surface area contributed by atoms with Crippen molar-refractivity contribution in [1.29, 1.82) is 0 Å². The van der Waals surface area contributed by atoms with E-state index in [4.69, 9.17) is 5.73 Å². The van der Waals surface area contributed by atoms with Gasteiger partial charge in [0.25, 0.3) is 5.90 Å². The van der Waals surface area contributed by atoms with Gasteiger partial charge in [-0.25, -0.2) is 0 Å². The molecule has 0 rings (SSSR count). The summed E-state index contributed by atoms with van der Waals surface area (Å²) in [5, 5.41) is 0. The van der Waals surface area contributed by atoms with E-state index >= 15 is 0 Å². The highest BCUT2D eigenvalue weighted by Gasteiger charge is 2.01. The molecule has 0 aromatic carbocycles. The Balaban J connectivity index is 3.92. The van der Waals surface area contributed by atoms with Crippen molar-refractivity contribution in [3.8, 4) is 0 Å². The van der Waals surface area contributed by atoms with Crippen molar-refractivity contribution in [3.63, 3.8) is 0 Å². The molecule has 0 heterocycles. The van der Waals surface area contributed by atoms with Crippen molar-refractivity contribution in [3.05, 3.63) is 0 Å². The molecule has 2 N–H and O–H groups in total. The third-order valence-corrected chi connectivity index (χ3v) is 0.607. The van der Waals surface area contributed by atoms with E-state index in [9.17, 15) is 4.79 Å². The first-order valence-corrected chi connectivity index (χ1v) is 2.03. The van der Waals surface area contributed by atoms with Gasteiger partial charge < -0.3 is 10.5 Å². The molecular formula is C4H8N2O2. The number of methoxy groups -OCH3 is 1. The number of hydrogen-bond acceptors (Lipinski definition) is 3. The van der Waals surface area contributed by atoms with Gasteiger partial charge in [-0.1, -0.05) is 0 Å². The molecule has 0 fully saturated rings. The topological polar surface area (TPSA) is 64.7 Å². The number of nitrogens with two attached hydrogens (primary N) is 1.